The average molecular weight is 637 g/mol. The van der Waals surface area contributed by atoms with Gasteiger partial charge in [-0.2, -0.15) is 0 Å². The van der Waals surface area contributed by atoms with Crippen molar-refractivity contribution in [1.29, 1.82) is 0 Å². The second-order valence-corrected chi connectivity index (χ2v) is 13.2. The molecule has 2 aromatic carbocycles. The summed E-state index contributed by atoms with van der Waals surface area (Å²) in [5.74, 6) is 0.918. The molecule has 4 aromatic rings. The zero-order valence-corrected chi connectivity index (χ0v) is 28.0. The van der Waals surface area contributed by atoms with Crippen LogP contribution in [0.3, 0.4) is 0 Å². The maximum atomic E-state index is 11.4. The van der Waals surface area contributed by atoms with Crippen LogP contribution in [0.4, 0.5) is 11.5 Å². The molecule has 0 radical (unpaired) electrons. The van der Waals surface area contributed by atoms with Crippen LogP contribution in [0.15, 0.2) is 60.9 Å². The van der Waals surface area contributed by atoms with Crippen molar-refractivity contribution in [1.82, 2.24) is 24.7 Å². The first kappa shape index (κ1) is 32.9. The molecule has 0 aliphatic carbocycles. The summed E-state index contributed by atoms with van der Waals surface area (Å²) >= 11 is 0. The van der Waals surface area contributed by atoms with E-state index in [1.807, 2.05) is 18.5 Å². The SMILES string of the molecule is Cc1c(Nc2nccc3cc(CN4CCCCC4CC(=O)O)cnc23)cccc1-c1cccc(OCCCN2CCN(C)CC2)c1C. The molecule has 4 heterocycles. The van der Waals surface area contributed by atoms with Crippen molar-refractivity contribution < 1.29 is 14.6 Å². The van der Waals surface area contributed by atoms with Crippen LogP contribution in [0.5, 0.6) is 5.75 Å². The number of aliphatic carboxylic acids is 1. The first-order valence-electron chi connectivity index (χ1n) is 17.1. The van der Waals surface area contributed by atoms with Crippen LogP contribution < -0.4 is 10.1 Å². The van der Waals surface area contributed by atoms with Crippen LogP contribution in [0.25, 0.3) is 22.0 Å². The lowest BCUT2D eigenvalue weighted by Gasteiger charge is -2.34. The average Bonchev–Trinajstić information content (AvgIpc) is 3.06. The maximum Gasteiger partial charge on any atom is 0.304 e. The number of piperidine rings is 1. The Morgan fingerprint density at radius 1 is 0.979 bits per heavy atom. The fraction of sp³-hybridized carbons (Fsp3) is 0.447. The second-order valence-electron chi connectivity index (χ2n) is 13.2. The van der Waals surface area contributed by atoms with Gasteiger partial charge in [-0.15, -0.1) is 0 Å². The number of likely N-dealkylation sites (N-methyl/N-ethyl adjacent to an activating group) is 1. The maximum absolute atomic E-state index is 11.4. The van der Waals surface area contributed by atoms with E-state index in [4.69, 9.17) is 9.72 Å². The number of nitrogens with zero attached hydrogens (tertiary/aromatic N) is 5. The van der Waals surface area contributed by atoms with Crippen LogP contribution in [0.1, 0.15) is 48.8 Å². The number of pyridine rings is 2. The number of rotatable bonds is 12. The highest BCUT2D eigenvalue weighted by Gasteiger charge is 2.25. The van der Waals surface area contributed by atoms with E-state index in [-0.39, 0.29) is 12.5 Å². The van der Waals surface area contributed by atoms with Crippen LogP contribution in [0, 0.1) is 13.8 Å². The van der Waals surface area contributed by atoms with Gasteiger partial charge in [0.25, 0.3) is 0 Å². The molecule has 47 heavy (non-hydrogen) atoms. The van der Waals surface area contributed by atoms with Crippen molar-refractivity contribution in [2.24, 2.45) is 0 Å². The molecule has 9 heteroatoms. The van der Waals surface area contributed by atoms with Gasteiger partial charge in [0.2, 0.25) is 0 Å². The molecule has 2 saturated heterocycles. The summed E-state index contributed by atoms with van der Waals surface area (Å²) in [5, 5.41) is 14.0. The third kappa shape index (κ3) is 8.09. The van der Waals surface area contributed by atoms with Crippen molar-refractivity contribution in [2.45, 2.75) is 58.5 Å². The molecule has 9 nitrogen and oxygen atoms in total. The van der Waals surface area contributed by atoms with Crippen molar-refractivity contribution in [3.05, 3.63) is 77.6 Å². The van der Waals surface area contributed by atoms with Gasteiger partial charge in [-0.3, -0.25) is 14.7 Å². The summed E-state index contributed by atoms with van der Waals surface area (Å²) in [6.45, 7) is 12.2. The molecule has 2 aliphatic heterocycles. The summed E-state index contributed by atoms with van der Waals surface area (Å²) in [6.07, 6.45) is 8.04. The number of hydrogen-bond acceptors (Lipinski definition) is 8. The minimum atomic E-state index is -0.733. The normalized spacial score (nSPS) is 18.0. The van der Waals surface area contributed by atoms with Crippen molar-refractivity contribution in [3.8, 4) is 16.9 Å². The lowest BCUT2D eigenvalue weighted by molar-refractivity contribution is -0.138. The topological polar surface area (TPSA) is 94.1 Å². The number of carboxylic acid groups (broad SMARTS) is 1. The number of anilines is 2. The standard InChI is InChI=1S/C38H48N6O3/c1-27-32(33-11-7-13-35(28(33)2)47-22-8-16-43-20-18-42(3)19-21-43)10-6-12-34(27)41-38-37-30(14-15-39-38)23-29(25-40-37)26-44-17-5-4-9-31(44)24-36(45)46/h6-7,10-15,23,25,31H,4-5,8-9,16-22,24,26H2,1-3H3,(H,39,41)(H,45,46). The quantitative estimate of drug-likeness (QED) is 0.169. The molecule has 0 amide bonds. The van der Waals surface area contributed by atoms with E-state index < -0.39 is 5.97 Å². The first-order valence-corrected chi connectivity index (χ1v) is 17.1. The lowest BCUT2D eigenvalue weighted by Crippen LogP contribution is -2.44. The number of carbonyl (C=O) groups is 1. The van der Waals surface area contributed by atoms with E-state index in [0.717, 1.165) is 115 Å². The third-order valence-electron chi connectivity index (χ3n) is 9.83. The van der Waals surface area contributed by atoms with Crippen LogP contribution >= 0.6 is 0 Å². The Balaban J connectivity index is 1.15. The number of nitrogens with one attached hydrogen (secondary N) is 1. The number of fused-ring (bicyclic) bond motifs is 1. The Bertz CT molecular complexity index is 1690. The number of aromatic nitrogens is 2. The Morgan fingerprint density at radius 3 is 2.57 bits per heavy atom. The molecule has 0 saturated carbocycles. The van der Waals surface area contributed by atoms with Crippen LogP contribution in [-0.2, 0) is 11.3 Å². The van der Waals surface area contributed by atoms with Gasteiger partial charge in [-0.25, -0.2) is 4.98 Å². The van der Waals surface area contributed by atoms with Gasteiger partial charge in [-0.05, 0) is 98.8 Å². The van der Waals surface area contributed by atoms with Gasteiger partial charge in [0.05, 0.1) is 13.0 Å². The second kappa shape index (κ2) is 15.2. The van der Waals surface area contributed by atoms with E-state index in [1.54, 1.807) is 0 Å². The van der Waals surface area contributed by atoms with Crippen molar-refractivity contribution in [2.75, 3.05) is 58.2 Å². The van der Waals surface area contributed by atoms with E-state index in [0.29, 0.717) is 19.0 Å². The smallest absolute Gasteiger partial charge is 0.304 e. The molecule has 1 unspecified atom stereocenters. The number of ether oxygens (including phenoxy) is 1. The molecule has 248 valence electrons. The van der Waals surface area contributed by atoms with Gasteiger partial charge in [0.1, 0.15) is 11.3 Å². The van der Waals surface area contributed by atoms with Gasteiger partial charge < -0.3 is 25.0 Å². The minimum absolute atomic E-state index is 0.0740. The molecular formula is C38H48N6O3. The number of carboxylic acids is 1. The Hall–Kier alpha value is -4.05. The van der Waals surface area contributed by atoms with Gasteiger partial charge in [-0.1, -0.05) is 30.7 Å². The van der Waals surface area contributed by atoms with Crippen LogP contribution in [-0.4, -0.2) is 94.7 Å². The summed E-state index contributed by atoms with van der Waals surface area (Å²) in [6, 6.07) is 16.9. The number of benzene rings is 2. The molecule has 0 spiro atoms. The highest BCUT2D eigenvalue weighted by Crippen LogP contribution is 2.36. The minimum Gasteiger partial charge on any atom is -0.493 e. The monoisotopic (exact) mass is 636 g/mol. The van der Waals surface area contributed by atoms with E-state index in [1.165, 1.54) is 0 Å². The Labute approximate surface area is 278 Å². The third-order valence-corrected chi connectivity index (χ3v) is 9.83. The number of likely N-dealkylation sites (tertiary alicyclic amines) is 1. The molecule has 2 aliphatic rings. The zero-order valence-electron chi connectivity index (χ0n) is 28.0. The largest absolute Gasteiger partial charge is 0.493 e. The summed E-state index contributed by atoms with van der Waals surface area (Å²) in [5.41, 5.74) is 7.47. The van der Waals surface area contributed by atoms with Gasteiger partial charge in [0.15, 0.2) is 5.82 Å². The summed E-state index contributed by atoms with van der Waals surface area (Å²) in [7, 11) is 2.19. The summed E-state index contributed by atoms with van der Waals surface area (Å²) in [4.78, 5) is 28.2. The molecule has 2 fully saturated rings. The first-order chi connectivity index (χ1) is 22.9. The highest BCUT2D eigenvalue weighted by molar-refractivity contribution is 5.91. The molecule has 0 bridgehead atoms. The molecule has 6 rings (SSSR count). The molecule has 2 N–H and O–H groups in total. The molecular weight excluding hydrogens is 588 g/mol. The number of hydrogen-bond donors (Lipinski definition) is 2. The fourth-order valence-corrected chi connectivity index (χ4v) is 7.01. The van der Waals surface area contributed by atoms with E-state index in [2.05, 4.69) is 88.4 Å². The molecule has 2 aromatic heterocycles. The Morgan fingerprint density at radius 2 is 1.77 bits per heavy atom. The van der Waals surface area contributed by atoms with Crippen molar-refractivity contribution in [3.63, 3.8) is 0 Å². The molecule has 1 atom stereocenters. The Kier molecular flexibility index (Phi) is 10.7. The van der Waals surface area contributed by atoms with Gasteiger partial charge >= 0.3 is 5.97 Å². The summed E-state index contributed by atoms with van der Waals surface area (Å²) < 4.78 is 6.31. The van der Waals surface area contributed by atoms with E-state index >= 15 is 0 Å². The highest BCUT2D eigenvalue weighted by atomic mass is 16.5. The predicted octanol–water partition coefficient (Wildman–Crippen LogP) is 6.50. The number of piperazine rings is 1. The lowest BCUT2D eigenvalue weighted by atomic mass is 9.95. The van der Waals surface area contributed by atoms with Gasteiger partial charge in [0, 0.05) is 68.8 Å². The zero-order chi connectivity index (χ0) is 32.8. The van der Waals surface area contributed by atoms with E-state index in [9.17, 15) is 9.90 Å². The van der Waals surface area contributed by atoms with Crippen LogP contribution in [0.2, 0.25) is 0 Å². The van der Waals surface area contributed by atoms with Crippen molar-refractivity contribution >= 4 is 28.4 Å². The fourth-order valence-electron chi connectivity index (χ4n) is 7.01. The predicted molar refractivity (Wildman–Crippen MR) is 189 cm³/mol.